The summed E-state index contributed by atoms with van der Waals surface area (Å²) in [5.41, 5.74) is -0.334. The first-order valence-corrected chi connectivity index (χ1v) is 6.75. The molecular formula is C12H7F2N3O2S. The first kappa shape index (κ1) is 13.9. The fraction of sp³-hybridized carbons (Fsp3) is 0. The summed E-state index contributed by atoms with van der Waals surface area (Å²) in [6.45, 7) is 0. The van der Waals surface area contributed by atoms with Crippen LogP contribution in [0.2, 0.25) is 0 Å². The zero-order valence-corrected chi connectivity index (χ0v) is 10.7. The van der Waals surface area contributed by atoms with Crippen LogP contribution in [0.15, 0.2) is 41.4 Å². The van der Waals surface area contributed by atoms with Gasteiger partial charge in [-0.25, -0.2) is 17.8 Å². The number of hydrogen-bond donors (Lipinski definition) is 1. The van der Waals surface area contributed by atoms with E-state index in [0.717, 1.165) is 30.5 Å². The Bertz CT molecular complexity index is 783. The average Bonchev–Trinajstić information content (AvgIpc) is 2.41. The lowest BCUT2D eigenvalue weighted by atomic mass is 10.2. The van der Waals surface area contributed by atoms with Gasteiger partial charge in [0, 0.05) is 0 Å². The molecule has 0 aliphatic rings. The summed E-state index contributed by atoms with van der Waals surface area (Å²) in [5.74, 6) is -1.56. The van der Waals surface area contributed by atoms with Crippen molar-refractivity contribution in [2.45, 2.75) is 4.90 Å². The van der Waals surface area contributed by atoms with E-state index in [4.69, 9.17) is 5.26 Å². The van der Waals surface area contributed by atoms with Crippen LogP contribution in [0.5, 0.6) is 0 Å². The summed E-state index contributed by atoms with van der Waals surface area (Å²) < 4.78 is 51.9. The van der Waals surface area contributed by atoms with Gasteiger partial charge in [-0.2, -0.15) is 9.65 Å². The topological polar surface area (TPSA) is 82.8 Å². The van der Waals surface area contributed by atoms with E-state index in [1.54, 1.807) is 6.07 Å². The zero-order valence-electron chi connectivity index (χ0n) is 9.84. The van der Waals surface area contributed by atoms with Gasteiger partial charge in [-0.1, -0.05) is 0 Å². The number of nitrogens with zero attached hydrogens (tertiary/aromatic N) is 2. The molecule has 1 heterocycles. The maximum absolute atomic E-state index is 13.1. The predicted molar refractivity (Wildman–Crippen MR) is 66.1 cm³/mol. The van der Waals surface area contributed by atoms with Crippen molar-refractivity contribution in [3.8, 4) is 6.07 Å². The molecule has 2 rings (SSSR count). The molecule has 1 N–H and O–H groups in total. The molecule has 1 aromatic carbocycles. The van der Waals surface area contributed by atoms with Crippen LogP contribution in [-0.4, -0.2) is 13.4 Å². The first-order valence-electron chi connectivity index (χ1n) is 5.26. The molecule has 102 valence electrons. The Morgan fingerprint density at radius 1 is 1.20 bits per heavy atom. The second-order valence-electron chi connectivity index (χ2n) is 3.73. The normalized spacial score (nSPS) is 10.8. The molecule has 0 unspecified atom stereocenters. The fourth-order valence-electron chi connectivity index (χ4n) is 1.41. The number of pyridine rings is 1. The summed E-state index contributed by atoms with van der Waals surface area (Å²) in [6, 6.07) is 6.55. The largest absolute Gasteiger partial charge is 0.278 e. The molecule has 2 aromatic rings. The van der Waals surface area contributed by atoms with Crippen LogP contribution in [0.3, 0.4) is 0 Å². The van der Waals surface area contributed by atoms with Crippen LogP contribution >= 0.6 is 0 Å². The minimum Gasteiger partial charge on any atom is -0.278 e. The van der Waals surface area contributed by atoms with Crippen molar-refractivity contribution in [1.82, 2.24) is 4.98 Å². The summed E-state index contributed by atoms with van der Waals surface area (Å²) in [6.07, 6.45) is 1.00. The lowest BCUT2D eigenvalue weighted by Gasteiger charge is -2.08. The first-order chi connectivity index (χ1) is 9.42. The highest BCUT2D eigenvalue weighted by molar-refractivity contribution is 7.92. The van der Waals surface area contributed by atoms with Gasteiger partial charge in [-0.3, -0.25) is 4.72 Å². The number of nitrogens with one attached hydrogen (secondary N) is 1. The standard InChI is InChI=1S/C12H7F2N3O2S/c13-11-3-2-10(5-8(11)6-15)20(18,19)17-9-1-4-12(14)16-7-9/h1-5,7,17H. The van der Waals surface area contributed by atoms with Gasteiger partial charge in [0.25, 0.3) is 10.0 Å². The molecule has 0 saturated heterocycles. The monoisotopic (exact) mass is 295 g/mol. The van der Waals surface area contributed by atoms with Crippen molar-refractivity contribution in [3.63, 3.8) is 0 Å². The lowest BCUT2D eigenvalue weighted by Crippen LogP contribution is -2.13. The fourth-order valence-corrected chi connectivity index (χ4v) is 2.48. The molecule has 0 saturated carbocycles. The molecule has 0 spiro atoms. The lowest BCUT2D eigenvalue weighted by molar-refractivity contribution is 0.583. The average molecular weight is 295 g/mol. The maximum atomic E-state index is 13.1. The number of rotatable bonds is 3. The molecule has 0 amide bonds. The maximum Gasteiger partial charge on any atom is 0.261 e. The molecule has 0 aliphatic heterocycles. The smallest absolute Gasteiger partial charge is 0.261 e. The van der Waals surface area contributed by atoms with Gasteiger partial charge in [-0.05, 0) is 30.3 Å². The third-order valence-electron chi connectivity index (χ3n) is 2.35. The number of anilines is 1. The van der Waals surface area contributed by atoms with E-state index in [-0.39, 0.29) is 16.1 Å². The number of aromatic nitrogens is 1. The third-order valence-corrected chi connectivity index (χ3v) is 3.73. The van der Waals surface area contributed by atoms with Crippen LogP contribution in [0.4, 0.5) is 14.5 Å². The van der Waals surface area contributed by atoms with E-state index in [1.165, 1.54) is 6.07 Å². The minimum atomic E-state index is -4.01. The summed E-state index contributed by atoms with van der Waals surface area (Å²) in [5, 5.41) is 8.67. The van der Waals surface area contributed by atoms with Gasteiger partial charge in [0.15, 0.2) is 0 Å². The Morgan fingerprint density at radius 2 is 1.95 bits per heavy atom. The number of sulfonamides is 1. The highest BCUT2D eigenvalue weighted by Gasteiger charge is 2.16. The molecule has 8 heteroatoms. The number of nitriles is 1. The summed E-state index contributed by atoms with van der Waals surface area (Å²) in [7, 11) is -4.01. The van der Waals surface area contributed by atoms with E-state index < -0.39 is 21.8 Å². The Labute approximate surface area is 113 Å². The Balaban J connectivity index is 2.36. The molecule has 0 bridgehead atoms. The van der Waals surface area contributed by atoms with Crippen LogP contribution in [0.25, 0.3) is 0 Å². The van der Waals surface area contributed by atoms with E-state index in [0.29, 0.717) is 0 Å². The Hall–Kier alpha value is -2.53. The molecule has 20 heavy (non-hydrogen) atoms. The molecule has 1 aromatic heterocycles. The van der Waals surface area contributed by atoms with Gasteiger partial charge >= 0.3 is 0 Å². The molecule has 0 fully saturated rings. The van der Waals surface area contributed by atoms with Crippen molar-refractivity contribution >= 4 is 15.7 Å². The second kappa shape index (κ2) is 5.22. The van der Waals surface area contributed by atoms with Gasteiger partial charge in [0.1, 0.15) is 11.9 Å². The van der Waals surface area contributed by atoms with Crippen molar-refractivity contribution < 1.29 is 17.2 Å². The summed E-state index contributed by atoms with van der Waals surface area (Å²) >= 11 is 0. The SMILES string of the molecule is N#Cc1cc(S(=O)(=O)Nc2ccc(F)nc2)ccc1F. The Kier molecular flexibility index (Phi) is 3.63. The summed E-state index contributed by atoms with van der Waals surface area (Å²) in [4.78, 5) is 3.02. The van der Waals surface area contributed by atoms with Gasteiger partial charge in [0.05, 0.1) is 22.3 Å². The van der Waals surface area contributed by atoms with Crippen LogP contribution in [0, 0.1) is 23.1 Å². The number of benzene rings is 1. The number of hydrogen-bond acceptors (Lipinski definition) is 4. The predicted octanol–water partition coefficient (Wildman–Crippen LogP) is 2.03. The molecule has 0 radical (unpaired) electrons. The quantitative estimate of drug-likeness (QED) is 0.878. The van der Waals surface area contributed by atoms with Gasteiger partial charge in [-0.15, -0.1) is 0 Å². The molecular weight excluding hydrogens is 288 g/mol. The van der Waals surface area contributed by atoms with Crippen LogP contribution in [0.1, 0.15) is 5.56 Å². The number of halogens is 2. The van der Waals surface area contributed by atoms with Crippen molar-refractivity contribution in [2.24, 2.45) is 0 Å². The second-order valence-corrected chi connectivity index (χ2v) is 5.41. The van der Waals surface area contributed by atoms with Gasteiger partial charge in [0.2, 0.25) is 5.95 Å². The van der Waals surface area contributed by atoms with E-state index >= 15 is 0 Å². The zero-order chi connectivity index (χ0) is 14.8. The van der Waals surface area contributed by atoms with Gasteiger partial charge < -0.3 is 0 Å². The van der Waals surface area contributed by atoms with Crippen molar-refractivity contribution in [3.05, 3.63) is 53.9 Å². The highest BCUT2D eigenvalue weighted by Crippen LogP contribution is 2.18. The minimum absolute atomic E-state index is 0.0502. The molecule has 0 atom stereocenters. The van der Waals surface area contributed by atoms with E-state index in [2.05, 4.69) is 9.71 Å². The van der Waals surface area contributed by atoms with E-state index in [9.17, 15) is 17.2 Å². The van der Waals surface area contributed by atoms with Crippen molar-refractivity contribution in [1.29, 1.82) is 5.26 Å². The van der Waals surface area contributed by atoms with Crippen LogP contribution in [-0.2, 0) is 10.0 Å². The van der Waals surface area contributed by atoms with Crippen LogP contribution < -0.4 is 4.72 Å². The molecule has 0 aliphatic carbocycles. The van der Waals surface area contributed by atoms with E-state index in [1.807, 2.05) is 0 Å². The highest BCUT2D eigenvalue weighted by atomic mass is 32.2. The van der Waals surface area contributed by atoms with Crippen molar-refractivity contribution in [2.75, 3.05) is 4.72 Å². The Morgan fingerprint density at radius 3 is 2.55 bits per heavy atom. The molecule has 5 nitrogen and oxygen atoms in total. The third kappa shape index (κ3) is 2.89.